The molecule has 0 saturated heterocycles. The zero-order valence-electron chi connectivity index (χ0n) is 10.4. The average Bonchev–Trinajstić information content (AvgIpc) is 2.82. The number of aliphatic hydroxyl groups excluding tert-OH is 1. The van der Waals surface area contributed by atoms with Crippen molar-refractivity contribution in [2.75, 3.05) is 5.73 Å². The molecule has 1 heterocycles. The van der Waals surface area contributed by atoms with E-state index in [2.05, 4.69) is 10.4 Å². The van der Waals surface area contributed by atoms with Crippen LogP contribution in [0.3, 0.4) is 0 Å². The lowest BCUT2D eigenvalue weighted by Gasteiger charge is -2.06. The van der Waals surface area contributed by atoms with Crippen LogP contribution >= 0.6 is 0 Å². The molecule has 0 aliphatic rings. The molecule has 0 atom stereocenters. The number of benzene rings is 1. The molecule has 100 valence electrons. The number of carbonyl (C=O) groups excluding carboxylic acids is 1. The third-order valence-corrected chi connectivity index (χ3v) is 2.62. The summed E-state index contributed by atoms with van der Waals surface area (Å²) in [5.41, 5.74) is 7.81. The Morgan fingerprint density at radius 1 is 1.42 bits per heavy atom. The lowest BCUT2D eigenvalue weighted by molar-refractivity contribution is -0.122. The average molecular weight is 260 g/mol. The van der Waals surface area contributed by atoms with Crippen molar-refractivity contribution in [3.05, 3.63) is 47.8 Å². The fraction of sp³-hybridized carbons (Fsp3) is 0.231. The molecule has 2 rings (SSSR count). The van der Waals surface area contributed by atoms with Gasteiger partial charge in [-0.15, -0.1) is 0 Å². The van der Waals surface area contributed by atoms with Crippen LogP contribution in [0.1, 0.15) is 11.1 Å². The number of nitrogen functional groups attached to an aromatic ring is 1. The lowest BCUT2D eigenvalue weighted by atomic mass is 10.1. The number of nitrogens with two attached hydrogens (primary N) is 1. The summed E-state index contributed by atoms with van der Waals surface area (Å²) in [6.45, 7) is 0.550. The smallest absolute Gasteiger partial charge is 0.241 e. The van der Waals surface area contributed by atoms with Gasteiger partial charge in [-0.05, 0) is 11.1 Å². The van der Waals surface area contributed by atoms with Gasteiger partial charge < -0.3 is 16.2 Å². The van der Waals surface area contributed by atoms with Gasteiger partial charge >= 0.3 is 0 Å². The Hall–Kier alpha value is -2.34. The number of hydrogen-bond donors (Lipinski definition) is 3. The number of rotatable bonds is 5. The normalized spacial score (nSPS) is 10.4. The van der Waals surface area contributed by atoms with Gasteiger partial charge in [0.05, 0.1) is 18.5 Å². The van der Waals surface area contributed by atoms with Crippen molar-refractivity contribution in [3.63, 3.8) is 0 Å². The van der Waals surface area contributed by atoms with E-state index >= 15 is 0 Å². The number of anilines is 1. The van der Waals surface area contributed by atoms with E-state index in [0.717, 1.165) is 11.1 Å². The van der Waals surface area contributed by atoms with Crippen molar-refractivity contribution < 1.29 is 9.90 Å². The molecule has 0 bridgehead atoms. The summed E-state index contributed by atoms with van der Waals surface area (Å²) in [5, 5.41) is 15.7. The Labute approximate surface area is 110 Å². The number of carbonyl (C=O) groups is 1. The number of aromatic nitrogens is 2. The summed E-state index contributed by atoms with van der Waals surface area (Å²) in [5.74, 6) is -0.141. The molecule has 1 amide bonds. The molecule has 0 spiro atoms. The second kappa shape index (κ2) is 6.01. The minimum absolute atomic E-state index is 0.00560. The molecule has 19 heavy (non-hydrogen) atoms. The van der Waals surface area contributed by atoms with E-state index in [-0.39, 0.29) is 19.1 Å². The first-order valence-electron chi connectivity index (χ1n) is 5.90. The predicted octanol–water partition coefficient (Wildman–Crippen LogP) is 0.274. The number of amides is 1. The third kappa shape index (κ3) is 3.82. The first-order valence-corrected chi connectivity index (χ1v) is 5.90. The highest BCUT2D eigenvalue weighted by molar-refractivity contribution is 5.75. The molecule has 4 N–H and O–H groups in total. The van der Waals surface area contributed by atoms with Crippen molar-refractivity contribution in [1.29, 1.82) is 0 Å². The zero-order chi connectivity index (χ0) is 13.7. The number of aliphatic hydroxyl groups is 1. The molecule has 0 unspecified atom stereocenters. The Bertz CT molecular complexity index is 565. The highest BCUT2D eigenvalue weighted by Crippen LogP contribution is 2.05. The Morgan fingerprint density at radius 2 is 2.21 bits per heavy atom. The molecule has 6 heteroatoms. The maximum atomic E-state index is 11.7. The quantitative estimate of drug-likeness (QED) is 0.719. The van der Waals surface area contributed by atoms with Crippen molar-refractivity contribution in [2.24, 2.45) is 0 Å². The molecule has 2 aromatic rings. The largest absolute Gasteiger partial charge is 0.396 e. The molecule has 0 fully saturated rings. The highest BCUT2D eigenvalue weighted by Gasteiger charge is 2.04. The van der Waals surface area contributed by atoms with Crippen LogP contribution in [-0.4, -0.2) is 20.8 Å². The molecular weight excluding hydrogens is 244 g/mol. The molecular formula is C13H16N4O2. The molecule has 0 saturated carbocycles. The van der Waals surface area contributed by atoms with Crippen molar-refractivity contribution in [1.82, 2.24) is 15.1 Å². The topological polar surface area (TPSA) is 93.2 Å². The van der Waals surface area contributed by atoms with E-state index in [1.54, 1.807) is 6.20 Å². The van der Waals surface area contributed by atoms with Crippen LogP contribution in [0.15, 0.2) is 36.7 Å². The molecule has 6 nitrogen and oxygen atoms in total. The van der Waals surface area contributed by atoms with Crippen LogP contribution in [0, 0.1) is 0 Å². The molecule has 0 radical (unpaired) electrons. The third-order valence-electron chi connectivity index (χ3n) is 2.62. The summed E-state index contributed by atoms with van der Waals surface area (Å²) < 4.78 is 1.48. The minimum atomic E-state index is -0.141. The van der Waals surface area contributed by atoms with Gasteiger partial charge in [0.1, 0.15) is 6.54 Å². The van der Waals surface area contributed by atoms with Crippen LogP contribution in [-0.2, 0) is 24.5 Å². The summed E-state index contributed by atoms with van der Waals surface area (Å²) in [6, 6.07) is 7.43. The minimum Gasteiger partial charge on any atom is -0.396 e. The fourth-order valence-corrected chi connectivity index (χ4v) is 1.71. The van der Waals surface area contributed by atoms with Crippen LogP contribution in [0.2, 0.25) is 0 Å². The lowest BCUT2D eigenvalue weighted by Crippen LogP contribution is -2.27. The predicted molar refractivity (Wildman–Crippen MR) is 70.9 cm³/mol. The maximum Gasteiger partial charge on any atom is 0.241 e. The van der Waals surface area contributed by atoms with E-state index in [0.29, 0.717) is 12.2 Å². The first-order chi connectivity index (χ1) is 9.17. The van der Waals surface area contributed by atoms with Gasteiger partial charge in [0.15, 0.2) is 0 Å². The summed E-state index contributed by atoms with van der Waals surface area (Å²) in [7, 11) is 0. The number of nitrogens with zero attached hydrogens (tertiary/aromatic N) is 2. The van der Waals surface area contributed by atoms with Gasteiger partial charge in [-0.3, -0.25) is 9.48 Å². The Balaban J connectivity index is 1.86. The second-order valence-electron chi connectivity index (χ2n) is 4.23. The van der Waals surface area contributed by atoms with E-state index in [9.17, 15) is 4.79 Å². The maximum absolute atomic E-state index is 11.7. The Morgan fingerprint density at radius 3 is 2.89 bits per heavy atom. The Kier molecular flexibility index (Phi) is 4.15. The molecule has 1 aromatic heterocycles. The highest BCUT2D eigenvalue weighted by atomic mass is 16.3. The van der Waals surface area contributed by atoms with Crippen molar-refractivity contribution >= 4 is 11.6 Å². The summed E-state index contributed by atoms with van der Waals surface area (Å²) in [4.78, 5) is 11.7. The molecule has 1 aromatic carbocycles. The first kappa shape index (κ1) is 13.1. The second-order valence-corrected chi connectivity index (χ2v) is 4.23. The standard InChI is InChI=1S/C13H16N4O2/c14-12-6-16-17(7-12)8-13(19)15-5-10-2-1-3-11(4-10)9-18/h1-4,6-7,18H,5,8-9,14H2,(H,15,19). The summed E-state index contributed by atoms with van der Waals surface area (Å²) >= 11 is 0. The van der Waals surface area contributed by atoms with Crippen molar-refractivity contribution in [2.45, 2.75) is 19.7 Å². The zero-order valence-corrected chi connectivity index (χ0v) is 10.4. The van der Waals surface area contributed by atoms with E-state index < -0.39 is 0 Å². The summed E-state index contributed by atoms with van der Waals surface area (Å²) in [6.07, 6.45) is 3.10. The monoisotopic (exact) mass is 260 g/mol. The van der Waals surface area contributed by atoms with Gasteiger partial charge in [0, 0.05) is 12.7 Å². The number of hydrogen-bond acceptors (Lipinski definition) is 4. The van der Waals surface area contributed by atoms with Crippen molar-refractivity contribution in [3.8, 4) is 0 Å². The fourth-order valence-electron chi connectivity index (χ4n) is 1.71. The van der Waals surface area contributed by atoms with Crippen LogP contribution < -0.4 is 11.1 Å². The van der Waals surface area contributed by atoms with Crippen LogP contribution in [0.5, 0.6) is 0 Å². The van der Waals surface area contributed by atoms with Crippen LogP contribution in [0.25, 0.3) is 0 Å². The molecule has 0 aliphatic heterocycles. The van der Waals surface area contributed by atoms with Gasteiger partial charge in [0.25, 0.3) is 0 Å². The van der Waals surface area contributed by atoms with Gasteiger partial charge in [0.2, 0.25) is 5.91 Å². The van der Waals surface area contributed by atoms with E-state index in [4.69, 9.17) is 10.8 Å². The SMILES string of the molecule is Nc1cnn(CC(=O)NCc2cccc(CO)c2)c1. The van der Waals surface area contributed by atoms with Gasteiger partial charge in [-0.2, -0.15) is 5.10 Å². The van der Waals surface area contributed by atoms with Crippen LogP contribution in [0.4, 0.5) is 5.69 Å². The number of nitrogens with one attached hydrogen (secondary N) is 1. The molecule has 0 aliphatic carbocycles. The van der Waals surface area contributed by atoms with Gasteiger partial charge in [-0.1, -0.05) is 24.3 Å². The van der Waals surface area contributed by atoms with E-state index in [1.165, 1.54) is 10.9 Å². The van der Waals surface area contributed by atoms with Gasteiger partial charge in [-0.25, -0.2) is 0 Å². The van der Waals surface area contributed by atoms with E-state index in [1.807, 2.05) is 24.3 Å².